The molecule has 0 aliphatic heterocycles. The third-order valence-electron chi connectivity index (χ3n) is 18.8. The van der Waals surface area contributed by atoms with Crippen molar-refractivity contribution < 1.29 is 80.2 Å². The van der Waals surface area contributed by atoms with Crippen molar-refractivity contribution in [3.8, 4) is 0 Å². The standard InChI is InChI=1S/C79H154O17P2/c1-7-10-12-14-16-18-20-22-31-34-38-42-49-55-61-76(81)89-67-74(95-78(83)64-58-52-44-40-36-32-28-26-24-23-25-27-30-33-37-41-48-54-60-72(6)9-3)69-93-97(85,86)91-65-73(80)66-92-98(87,88)94-70-75(68-90-77(82)62-56-50-46-45-47-53-59-71(4)5)96-79(84)63-57-51-43-39-35-29-21-19-17-15-13-11-8-2/h71-75,80H,7-70H2,1-6H3,(H,85,86)(H,87,88)/t72?,73-,74-,75-/m1/s1. The van der Waals surface area contributed by atoms with Crippen molar-refractivity contribution in [2.24, 2.45) is 11.8 Å². The molecule has 0 bridgehead atoms. The van der Waals surface area contributed by atoms with Gasteiger partial charge in [-0.25, -0.2) is 9.13 Å². The summed E-state index contributed by atoms with van der Waals surface area (Å²) in [4.78, 5) is 72.9. The van der Waals surface area contributed by atoms with Crippen molar-refractivity contribution in [3.63, 3.8) is 0 Å². The third-order valence-corrected chi connectivity index (χ3v) is 20.7. The number of hydrogen-bond acceptors (Lipinski definition) is 15. The van der Waals surface area contributed by atoms with Crippen molar-refractivity contribution in [3.05, 3.63) is 0 Å². The average molecular weight is 1440 g/mol. The summed E-state index contributed by atoms with van der Waals surface area (Å²) < 4.78 is 68.6. The highest BCUT2D eigenvalue weighted by molar-refractivity contribution is 7.47. The van der Waals surface area contributed by atoms with E-state index < -0.39 is 97.5 Å². The zero-order chi connectivity index (χ0) is 72.1. The summed E-state index contributed by atoms with van der Waals surface area (Å²) in [6, 6.07) is 0. The average Bonchev–Trinajstić information content (AvgIpc) is 2.71. The molecule has 0 radical (unpaired) electrons. The molecule has 6 atom stereocenters. The maximum atomic E-state index is 13.1. The molecule has 0 aliphatic rings. The Morgan fingerprint density at radius 2 is 0.520 bits per heavy atom. The number of hydrogen-bond donors (Lipinski definition) is 3. The summed E-state index contributed by atoms with van der Waals surface area (Å²) in [5, 5.41) is 10.6. The van der Waals surface area contributed by atoms with E-state index >= 15 is 0 Å². The Bertz CT molecular complexity index is 1890. The smallest absolute Gasteiger partial charge is 0.462 e. The van der Waals surface area contributed by atoms with Crippen LogP contribution in [-0.2, 0) is 65.4 Å². The molecule has 3 unspecified atom stereocenters. The zero-order valence-corrected chi connectivity index (χ0v) is 65.9. The topological polar surface area (TPSA) is 237 Å². The number of phosphoric acid groups is 2. The first kappa shape index (κ1) is 96.1. The van der Waals surface area contributed by atoms with E-state index in [4.69, 9.17) is 37.0 Å². The number of aliphatic hydroxyl groups excluding tert-OH is 1. The molecule has 0 heterocycles. The Morgan fingerprint density at radius 1 is 0.296 bits per heavy atom. The third kappa shape index (κ3) is 71.1. The van der Waals surface area contributed by atoms with Crippen LogP contribution in [0.3, 0.4) is 0 Å². The van der Waals surface area contributed by atoms with Crippen molar-refractivity contribution in [1.29, 1.82) is 0 Å². The molecule has 0 saturated heterocycles. The van der Waals surface area contributed by atoms with Crippen LogP contribution in [0.1, 0.15) is 414 Å². The lowest BCUT2D eigenvalue weighted by Crippen LogP contribution is -2.30. The quantitative estimate of drug-likeness (QED) is 0.0222. The SMILES string of the molecule is CCCCCCCCCCCCCCCCC(=O)OC[C@H](COP(=O)(O)OC[C@@H](O)COP(=O)(O)OC[C@@H](COC(=O)CCCCCCCCC(C)C)OC(=O)CCCCCCCCCCCCCCC)OC(=O)CCCCCCCCCCCCCCCCCCCCC(C)CC. The first-order valence-corrected chi connectivity index (χ1v) is 44.0. The van der Waals surface area contributed by atoms with Crippen LogP contribution in [0.15, 0.2) is 0 Å². The van der Waals surface area contributed by atoms with E-state index in [1.54, 1.807) is 0 Å². The fourth-order valence-corrected chi connectivity index (χ4v) is 13.7. The number of rotatable bonds is 78. The van der Waals surface area contributed by atoms with Gasteiger partial charge >= 0.3 is 39.5 Å². The van der Waals surface area contributed by atoms with Gasteiger partial charge in [0.05, 0.1) is 26.4 Å². The van der Waals surface area contributed by atoms with Gasteiger partial charge in [0.2, 0.25) is 0 Å². The Balaban J connectivity index is 5.19. The van der Waals surface area contributed by atoms with Crippen LogP contribution in [0.25, 0.3) is 0 Å². The van der Waals surface area contributed by atoms with Gasteiger partial charge in [-0.1, -0.05) is 363 Å². The molecule has 0 rings (SSSR count). The van der Waals surface area contributed by atoms with Gasteiger partial charge in [-0.3, -0.25) is 37.3 Å². The van der Waals surface area contributed by atoms with Crippen molar-refractivity contribution in [1.82, 2.24) is 0 Å². The molecule has 582 valence electrons. The highest BCUT2D eigenvalue weighted by atomic mass is 31.2. The highest BCUT2D eigenvalue weighted by Crippen LogP contribution is 2.45. The van der Waals surface area contributed by atoms with Crippen molar-refractivity contribution >= 4 is 39.5 Å². The van der Waals surface area contributed by atoms with Gasteiger partial charge < -0.3 is 33.8 Å². The van der Waals surface area contributed by atoms with E-state index in [-0.39, 0.29) is 25.7 Å². The summed E-state index contributed by atoms with van der Waals surface area (Å²) in [6.45, 7) is 9.60. The van der Waals surface area contributed by atoms with E-state index in [0.717, 1.165) is 102 Å². The largest absolute Gasteiger partial charge is 0.472 e. The van der Waals surface area contributed by atoms with E-state index in [1.165, 1.54) is 225 Å². The van der Waals surface area contributed by atoms with Crippen molar-refractivity contribution in [2.45, 2.75) is 432 Å². The second kappa shape index (κ2) is 70.7. The minimum atomic E-state index is -4.96. The molecule has 0 aromatic carbocycles. The Hall–Kier alpha value is -1.94. The summed E-state index contributed by atoms with van der Waals surface area (Å²) >= 11 is 0. The number of carbonyl (C=O) groups excluding carboxylic acids is 4. The van der Waals surface area contributed by atoms with E-state index in [2.05, 4.69) is 41.5 Å². The number of phosphoric ester groups is 2. The number of carbonyl (C=O) groups is 4. The van der Waals surface area contributed by atoms with Gasteiger partial charge in [-0.05, 0) is 37.5 Å². The first-order valence-electron chi connectivity index (χ1n) is 41.0. The Kier molecular flexibility index (Phi) is 69.3. The molecular formula is C79H154O17P2. The molecule has 0 amide bonds. The highest BCUT2D eigenvalue weighted by Gasteiger charge is 2.30. The second-order valence-electron chi connectivity index (χ2n) is 29.2. The number of unbranched alkanes of at least 4 members (excludes halogenated alkanes) is 47. The summed E-state index contributed by atoms with van der Waals surface area (Å²) in [6.07, 6.45) is 59.8. The van der Waals surface area contributed by atoms with Crippen LogP contribution < -0.4 is 0 Å². The minimum absolute atomic E-state index is 0.107. The lowest BCUT2D eigenvalue weighted by molar-refractivity contribution is -0.161. The number of aliphatic hydroxyl groups is 1. The van der Waals surface area contributed by atoms with Crippen LogP contribution in [0.5, 0.6) is 0 Å². The van der Waals surface area contributed by atoms with E-state index in [0.29, 0.717) is 31.6 Å². The number of ether oxygens (including phenoxy) is 4. The molecule has 17 nitrogen and oxygen atoms in total. The molecule has 0 aliphatic carbocycles. The lowest BCUT2D eigenvalue weighted by Gasteiger charge is -2.21. The lowest BCUT2D eigenvalue weighted by atomic mass is 9.99. The van der Waals surface area contributed by atoms with Crippen LogP contribution in [0, 0.1) is 11.8 Å². The van der Waals surface area contributed by atoms with Gasteiger partial charge in [-0.15, -0.1) is 0 Å². The number of esters is 4. The fraction of sp³-hybridized carbons (Fsp3) is 0.949. The van der Waals surface area contributed by atoms with Crippen LogP contribution in [0.2, 0.25) is 0 Å². The summed E-state index contributed by atoms with van der Waals surface area (Å²) in [5.74, 6) is -0.562. The van der Waals surface area contributed by atoms with Crippen molar-refractivity contribution in [2.75, 3.05) is 39.6 Å². The molecule has 19 heteroatoms. The Labute approximate surface area is 600 Å². The Morgan fingerprint density at radius 3 is 0.776 bits per heavy atom. The second-order valence-corrected chi connectivity index (χ2v) is 32.1. The normalized spacial score (nSPS) is 14.2. The van der Waals surface area contributed by atoms with Gasteiger partial charge in [0.25, 0.3) is 0 Å². The van der Waals surface area contributed by atoms with Gasteiger partial charge in [0.1, 0.15) is 19.3 Å². The maximum Gasteiger partial charge on any atom is 0.472 e. The molecule has 0 fully saturated rings. The minimum Gasteiger partial charge on any atom is -0.462 e. The van der Waals surface area contributed by atoms with E-state index in [1.807, 2.05) is 0 Å². The van der Waals surface area contributed by atoms with Gasteiger partial charge in [0, 0.05) is 25.7 Å². The van der Waals surface area contributed by atoms with Crippen LogP contribution in [-0.4, -0.2) is 96.7 Å². The predicted molar refractivity (Wildman–Crippen MR) is 400 cm³/mol. The van der Waals surface area contributed by atoms with Gasteiger partial charge in [-0.2, -0.15) is 0 Å². The van der Waals surface area contributed by atoms with Crippen LogP contribution in [0.4, 0.5) is 0 Å². The first-order chi connectivity index (χ1) is 47.4. The molecule has 0 aromatic rings. The molecular weight excluding hydrogens is 1280 g/mol. The zero-order valence-electron chi connectivity index (χ0n) is 64.1. The van der Waals surface area contributed by atoms with Crippen LogP contribution >= 0.6 is 15.6 Å². The van der Waals surface area contributed by atoms with Gasteiger partial charge in [0.15, 0.2) is 12.2 Å². The predicted octanol–water partition coefficient (Wildman–Crippen LogP) is 23.5. The maximum absolute atomic E-state index is 13.1. The monoisotopic (exact) mass is 1440 g/mol. The molecule has 3 N–H and O–H groups in total. The molecule has 0 spiro atoms. The van der Waals surface area contributed by atoms with E-state index in [9.17, 15) is 43.2 Å². The molecule has 0 saturated carbocycles. The summed E-state index contributed by atoms with van der Waals surface area (Å²) in [7, 11) is -9.91. The summed E-state index contributed by atoms with van der Waals surface area (Å²) in [5.41, 5.74) is 0. The fourth-order valence-electron chi connectivity index (χ4n) is 12.2. The molecule has 0 aromatic heterocycles. The molecule has 98 heavy (non-hydrogen) atoms.